The van der Waals surface area contributed by atoms with Crippen LogP contribution in [0.1, 0.15) is 62.9 Å². The normalized spacial score (nSPS) is 14.3. The van der Waals surface area contributed by atoms with Crippen LogP contribution in [-0.4, -0.2) is 45.0 Å². The molecule has 0 unspecified atom stereocenters. The number of primary amides is 1. The van der Waals surface area contributed by atoms with Crippen LogP contribution in [0.5, 0.6) is 0 Å². The number of rotatable bonds is 7. The molecule has 0 saturated carbocycles. The van der Waals surface area contributed by atoms with Crippen LogP contribution in [0.2, 0.25) is 0 Å². The fourth-order valence-electron chi connectivity index (χ4n) is 3.83. The van der Waals surface area contributed by atoms with Crippen molar-refractivity contribution in [3.05, 3.63) is 48.3 Å². The van der Waals surface area contributed by atoms with Gasteiger partial charge in [-0.1, -0.05) is 63.4 Å². The topological polar surface area (TPSA) is 77.0 Å². The minimum atomic E-state index is -0.515. The minimum absolute atomic E-state index is 0.277. The average molecular weight is 422 g/mol. The first kappa shape index (κ1) is 22.9. The summed E-state index contributed by atoms with van der Waals surface area (Å²) in [5.74, 6) is 0.395. The molecule has 31 heavy (non-hydrogen) atoms. The van der Waals surface area contributed by atoms with Crippen molar-refractivity contribution in [2.75, 3.05) is 19.6 Å². The Bertz CT molecular complexity index is 959. The maximum absolute atomic E-state index is 11.6. The third kappa shape index (κ3) is 6.14. The quantitative estimate of drug-likeness (QED) is 0.590. The molecule has 6 heteroatoms. The number of fused-ring (bicyclic) bond motifs is 1. The lowest BCUT2D eigenvalue weighted by Crippen LogP contribution is -2.31. The van der Waals surface area contributed by atoms with Gasteiger partial charge in [-0.2, -0.15) is 0 Å². The number of aromatic nitrogens is 3. The second-order valence-corrected chi connectivity index (χ2v) is 8.13. The van der Waals surface area contributed by atoms with Crippen LogP contribution >= 0.6 is 0 Å². The summed E-state index contributed by atoms with van der Waals surface area (Å²) in [4.78, 5) is 23.1. The summed E-state index contributed by atoms with van der Waals surface area (Å²) in [6.07, 6.45) is 9.28. The Kier molecular flexibility index (Phi) is 8.59. The number of piperidine rings is 1. The molecule has 2 aromatic heterocycles. The molecule has 2 N–H and O–H groups in total. The summed E-state index contributed by atoms with van der Waals surface area (Å²) in [5.41, 5.74) is 8.47. The van der Waals surface area contributed by atoms with Crippen molar-refractivity contribution in [3.63, 3.8) is 0 Å². The predicted octanol–water partition coefficient (Wildman–Crippen LogP) is 4.88. The fourth-order valence-corrected chi connectivity index (χ4v) is 3.83. The van der Waals surface area contributed by atoms with Crippen molar-refractivity contribution < 1.29 is 4.79 Å². The lowest BCUT2D eigenvalue weighted by molar-refractivity contribution is 0.0995. The van der Waals surface area contributed by atoms with Gasteiger partial charge in [-0.15, -0.1) is 0 Å². The first-order chi connectivity index (χ1) is 15.1. The number of hydrogen-bond donors (Lipinski definition) is 1. The molecule has 1 aromatic carbocycles. The number of amides is 1. The van der Waals surface area contributed by atoms with E-state index in [-0.39, 0.29) is 5.69 Å². The summed E-state index contributed by atoms with van der Waals surface area (Å²) in [5, 5.41) is 0. The van der Waals surface area contributed by atoms with E-state index in [0.717, 1.165) is 41.9 Å². The van der Waals surface area contributed by atoms with Gasteiger partial charge in [-0.05, 0) is 45.0 Å². The van der Waals surface area contributed by atoms with Gasteiger partial charge in [0, 0.05) is 12.1 Å². The highest BCUT2D eigenvalue weighted by Crippen LogP contribution is 2.25. The van der Waals surface area contributed by atoms with E-state index in [2.05, 4.69) is 40.4 Å². The molecule has 1 saturated heterocycles. The van der Waals surface area contributed by atoms with Crippen LogP contribution in [0.4, 0.5) is 0 Å². The summed E-state index contributed by atoms with van der Waals surface area (Å²) in [6, 6.07) is 11.9. The van der Waals surface area contributed by atoms with Gasteiger partial charge in [-0.25, -0.2) is 9.97 Å². The predicted molar refractivity (Wildman–Crippen MR) is 127 cm³/mol. The highest BCUT2D eigenvalue weighted by atomic mass is 16.1. The van der Waals surface area contributed by atoms with Crippen molar-refractivity contribution in [3.8, 4) is 11.4 Å². The Morgan fingerprint density at radius 2 is 1.74 bits per heavy atom. The molecule has 0 bridgehead atoms. The standard InChI is InChI=1S/C21H25N5O.C4H10/c22-20(27)17-14-19-18(15-23-17)24-21(16-8-3-1-4-9-16)26(19)13-7-12-25-10-5-2-6-11-25;1-3-4-2/h1,3-4,8-9,14-15H,2,5-7,10-13H2,(H2,22,27);3-4H2,1-2H3. The first-order valence-corrected chi connectivity index (χ1v) is 11.6. The highest BCUT2D eigenvalue weighted by molar-refractivity contribution is 5.94. The van der Waals surface area contributed by atoms with Crippen molar-refractivity contribution in [1.82, 2.24) is 19.4 Å². The van der Waals surface area contributed by atoms with Crippen molar-refractivity contribution in [2.45, 2.75) is 58.9 Å². The molecule has 1 aliphatic rings. The molecule has 3 heterocycles. The van der Waals surface area contributed by atoms with Gasteiger partial charge >= 0.3 is 0 Å². The second kappa shape index (κ2) is 11.6. The first-order valence-electron chi connectivity index (χ1n) is 11.6. The van der Waals surface area contributed by atoms with Crippen molar-refractivity contribution >= 4 is 16.9 Å². The second-order valence-electron chi connectivity index (χ2n) is 8.13. The monoisotopic (exact) mass is 421 g/mol. The van der Waals surface area contributed by atoms with Crippen LogP contribution in [0, 0.1) is 0 Å². The number of unbranched alkanes of at least 4 members (excludes halogenated alkanes) is 1. The number of imidazole rings is 1. The summed E-state index contributed by atoms with van der Waals surface area (Å²) in [6.45, 7) is 8.69. The van der Waals surface area contributed by atoms with Gasteiger partial charge in [0.25, 0.3) is 5.91 Å². The highest BCUT2D eigenvalue weighted by Gasteiger charge is 2.16. The van der Waals surface area contributed by atoms with E-state index in [1.54, 1.807) is 12.3 Å². The van der Waals surface area contributed by atoms with Gasteiger partial charge < -0.3 is 15.2 Å². The summed E-state index contributed by atoms with van der Waals surface area (Å²) in [7, 11) is 0. The third-order valence-corrected chi connectivity index (χ3v) is 5.72. The summed E-state index contributed by atoms with van der Waals surface area (Å²) >= 11 is 0. The molecule has 6 nitrogen and oxygen atoms in total. The number of nitrogens with two attached hydrogens (primary N) is 1. The lowest BCUT2D eigenvalue weighted by Gasteiger charge is -2.26. The maximum atomic E-state index is 11.6. The number of hydrogen-bond acceptors (Lipinski definition) is 4. The third-order valence-electron chi connectivity index (χ3n) is 5.72. The van der Waals surface area contributed by atoms with Gasteiger partial charge in [-0.3, -0.25) is 4.79 Å². The zero-order chi connectivity index (χ0) is 22.1. The molecule has 166 valence electrons. The Labute approximate surface area is 185 Å². The van der Waals surface area contributed by atoms with E-state index >= 15 is 0 Å². The zero-order valence-electron chi connectivity index (χ0n) is 18.9. The molecule has 1 aliphatic heterocycles. The lowest BCUT2D eigenvalue weighted by atomic mass is 10.1. The Morgan fingerprint density at radius 1 is 1.03 bits per heavy atom. The molecule has 0 radical (unpaired) electrons. The van der Waals surface area contributed by atoms with E-state index in [1.807, 2.05) is 18.2 Å². The Balaban J connectivity index is 0.000000628. The number of carbonyl (C=O) groups excluding carboxylic acids is 1. The number of nitrogens with zero attached hydrogens (tertiary/aromatic N) is 4. The number of likely N-dealkylation sites (tertiary alicyclic amines) is 1. The number of benzene rings is 1. The molecule has 4 rings (SSSR count). The average Bonchev–Trinajstić information content (AvgIpc) is 3.18. The van der Waals surface area contributed by atoms with E-state index in [1.165, 1.54) is 45.2 Å². The van der Waals surface area contributed by atoms with E-state index in [4.69, 9.17) is 10.7 Å². The van der Waals surface area contributed by atoms with E-state index in [0.29, 0.717) is 0 Å². The maximum Gasteiger partial charge on any atom is 0.267 e. The van der Waals surface area contributed by atoms with Crippen LogP contribution in [0.15, 0.2) is 42.6 Å². The van der Waals surface area contributed by atoms with Gasteiger partial charge in [0.15, 0.2) is 0 Å². The number of pyridine rings is 1. The van der Waals surface area contributed by atoms with Crippen LogP contribution in [-0.2, 0) is 6.54 Å². The van der Waals surface area contributed by atoms with Crippen LogP contribution in [0.3, 0.4) is 0 Å². The zero-order valence-corrected chi connectivity index (χ0v) is 18.9. The number of aryl methyl sites for hydroxylation is 1. The number of carbonyl (C=O) groups is 1. The SMILES string of the molecule is CCCC.NC(=O)c1cc2c(cn1)nc(-c1ccccc1)n2CCCN1CCCCC1. The van der Waals surface area contributed by atoms with E-state index < -0.39 is 5.91 Å². The molecule has 1 fully saturated rings. The minimum Gasteiger partial charge on any atom is -0.364 e. The van der Waals surface area contributed by atoms with Gasteiger partial charge in [0.2, 0.25) is 0 Å². The smallest absolute Gasteiger partial charge is 0.267 e. The molecule has 1 amide bonds. The molecular formula is C25H35N5O. The summed E-state index contributed by atoms with van der Waals surface area (Å²) < 4.78 is 2.20. The fraction of sp³-hybridized carbons (Fsp3) is 0.480. The van der Waals surface area contributed by atoms with E-state index in [9.17, 15) is 4.79 Å². The van der Waals surface area contributed by atoms with Crippen LogP contribution < -0.4 is 5.73 Å². The Morgan fingerprint density at radius 3 is 2.39 bits per heavy atom. The van der Waals surface area contributed by atoms with Gasteiger partial charge in [0.1, 0.15) is 17.0 Å². The largest absolute Gasteiger partial charge is 0.364 e. The molecule has 3 aromatic rings. The van der Waals surface area contributed by atoms with Crippen LogP contribution in [0.25, 0.3) is 22.4 Å². The van der Waals surface area contributed by atoms with Crippen molar-refractivity contribution in [2.24, 2.45) is 5.73 Å². The van der Waals surface area contributed by atoms with Crippen molar-refractivity contribution in [1.29, 1.82) is 0 Å². The molecule has 0 aliphatic carbocycles. The Hall–Kier alpha value is -2.73. The molecule has 0 spiro atoms. The molecule has 0 atom stereocenters. The van der Waals surface area contributed by atoms with Gasteiger partial charge in [0.05, 0.1) is 11.7 Å². The molecular weight excluding hydrogens is 386 g/mol.